The third kappa shape index (κ3) is 4.13. The average Bonchev–Trinajstić information content (AvgIpc) is 3.51. The fraction of sp³-hybridized carbons (Fsp3) is 0.214. The minimum atomic E-state index is -0.488. The molecule has 10 heteroatoms. The van der Waals surface area contributed by atoms with E-state index in [9.17, 15) is 9.90 Å². The molecule has 0 atom stereocenters. The monoisotopic (exact) mass is 532 g/mol. The van der Waals surface area contributed by atoms with Crippen molar-refractivity contribution < 1.29 is 9.50 Å². The van der Waals surface area contributed by atoms with Crippen molar-refractivity contribution in [2.75, 3.05) is 38.1 Å². The summed E-state index contributed by atoms with van der Waals surface area (Å²) in [6.07, 6.45) is 5.07. The lowest BCUT2D eigenvalue weighted by molar-refractivity contribution is 0.313. The van der Waals surface area contributed by atoms with Gasteiger partial charge in [-0.3, -0.25) is 9.67 Å². The summed E-state index contributed by atoms with van der Waals surface area (Å²) >= 11 is 6.55. The van der Waals surface area contributed by atoms with Crippen LogP contribution in [0.4, 0.5) is 10.1 Å². The number of halogens is 2. The van der Waals surface area contributed by atoms with Crippen molar-refractivity contribution in [1.82, 2.24) is 24.2 Å². The Bertz CT molecular complexity index is 1730. The first kappa shape index (κ1) is 24.3. The van der Waals surface area contributed by atoms with Crippen LogP contribution in [0, 0.1) is 5.82 Å². The Labute approximate surface area is 223 Å². The summed E-state index contributed by atoms with van der Waals surface area (Å²) < 4.78 is 17.9. The summed E-state index contributed by atoms with van der Waals surface area (Å²) in [7, 11) is 3.76. The van der Waals surface area contributed by atoms with Gasteiger partial charge in [0.2, 0.25) is 0 Å². The molecule has 0 saturated carbocycles. The van der Waals surface area contributed by atoms with Gasteiger partial charge in [0.05, 0.1) is 22.4 Å². The van der Waals surface area contributed by atoms with Gasteiger partial charge in [0.15, 0.2) is 0 Å². The van der Waals surface area contributed by atoms with Crippen LogP contribution >= 0.6 is 11.6 Å². The van der Waals surface area contributed by atoms with Crippen molar-refractivity contribution in [3.63, 3.8) is 0 Å². The zero-order valence-corrected chi connectivity index (χ0v) is 21.7. The number of phenols is 1. The molecule has 0 radical (unpaired) electrons. The quantitative estimate of drug-likeness (QED) is 0.352. The Hall–Kier alpha value is -4.08. The molecule has 1 aliphatic heterocycles. The maximum Gasteiger partial charge on any atom is 0.332 e. The van der Waals surface area contributed by atoms with Crippen molar-refractivity contribution >= 4 is 28.2 Å². The predicted octanol–water partition coefficient (Wildman–Crippen LogP) is 4.64. The number of phenolic OH excluding ortho intramolecular Hbond substituents is 1. The third-order valence-electron chi connectivity index (χ3n) is 7.23. The van der Waals surface area contributed by atoms with Crippen molar-refractivity contribution in [2.24, 2.45) is 7.05 Å². The van der Waals surface area contributed by atoms with Crippen LogP contribution in [0.1, 0.15) is 0 Å². The highest BCUT2D eigenvalue weighted by Crippen LogP contribution is 2.42. The summed E-state index contributed by atoms with van der Waals surface area (Å²) in [5.41, 5.74) is 3.94. The van der Waals surface area contributed by atoms with E-state index in [1.54, 1.807) is 43.8 Å². The maximum atomic E-state index is 15.0. The summed E-state index contributed by atoms with van der Waals surface area (Å²) in [6.45, 7) is 3.58. The number of H-pyrrole nitrogens is 1. The Balaban J connectivity index is 1.45. The minimum Gasteiger partial charge on any atom is -0.507 e. The normalized spacial score (nSPS) is 14.5. The zero-order valence-electron chi connectivity index (χ0n) is 20.9. The van der Waals surface area contributed by atoms with E-state index < -0.39 is 5.82 Å². The number of fused-ring (bicyclic) bond motifs is 1. The maximum absolute atomic E-state index is 15.0. The average molecular weight is 533 g/mol. The molecule has 5 aromatic rings. The number of aryl methyl sites for hydroxylation is 1. The Kier molecular flexibility index (Phi) is 5.97. The number of aromatic hydroxyl groups is 1. The van der Waals surface area contributed by atoms with Crippen LogP contribution in [0.5, 0.6) is 5.75 Å². The number of piperazine rings is 1. The van der Waals surface area contributed by atoms with Gasteiger partial charge in [0.1, 0.15) is 11.6 Å². The molecule has 3 aromatic carbocycles. The second-order valence-electron chi connectivity index (χ2n) is 9.69. The fourth-order valence-electron chi connectivity index (χ4n) is 5.05. The lowest BCUT2D eigenvalue weighted by Crippen LogP contribution is -2.44. The third-order valence-corrected chi connectivity index (χ3v) is 7.53. The number of hydrogen-bond donors (Lipinski definition) is 2. The molecular weight excluding hydrogens is 507 g/mol. The summed E-state index contributed by atoms with van der Waals surface area (Å²) in [5, 5.41) is 19.9. The standard InChI is InChI=1S/C28H26ClFN6O2/c1-33-5-8-35(9-6-33)26-13-18(12-24-22(26)16-31-32-24)21-15-19(30)14-20(27(21)37)17-3-4-25(23(29)11-17)36-10-7-34(2)28(36)38/h3-4,7,10-16,37H,5-6,8-9H2,1-2H3,(H,31,32). The molecule has 1 aliphatic rings. The molecule has 2 aromatic heterocycles. The number of benzene rings is 3. The topological polar surface area (TPSA) is 82.3 Å². The van der Waals surface area contributed by atoms with Crippen molar-refractivity contribution in [2.45, 2.75) is 0 Å². The first-order valence-electron chi connectivity index (χ1n) is 12.3. The molecule has 194 valence electrons. The first-order chi connectivity index (χ1) is 18.3. The molecule has 8 nitrogen and oxygen atoms in total. The van der Waals surface area contributed by atoms with Gasteiger partial charge in [-0.15, -0.1) is 0 Å². The number of rotatable bonds is 4. The second kappa shape index (κ2) is 9.34. The fourth-order valence-corrected chi connectivity index (χ4v) is 5.33. The summed E-state index contributed by atoms with van der Waals surface area (Å²) in [5.74, 6) is -0.548. The van der Waals surface area contributed by atoms with E-state index in [0.717, 1.165) is 42.8 Å². The van der Waals surface area contributed by atoms with Crippen LogP contribution < -0.4 is 10.6 Å². The number of aromatic nitrogens is 4. The molecule has 0 aliphatic carbocycles. The molecule has 0 bridgehead atoms. The molecule has 1 saturated heterocycles. The van der Waals surface area contributed by atoms with Gasteiger partial charge in [0.25, 0.3) is 0 Å². The van der Waals surface area contributed by atoms with Crippen LogP contribution in [0.25, 0.3) is 38.8 Å². The second-order valence-corrected chi connectivity index (χ2v) is 10.1. The number of hydrogen-bond acceptors (Lipinski definition) is 5. The Morgan fingerprint density at radius 2 is 1.68 bits per heavy atom. The summed E-state index contributed by atoms with van der Waals surface area (Å²) in [4.78, 5) is 16.9. The highest BCUT2D eigenvalue weighted by molar-refractivity contribution is 6.32. The van der Waals surface area contributed by atoms with Gasteiger partial charge in [-0.1, -0.05) is 17.7 Å². The lowest BCUT2D eigenvalue weighted by atomic mass is 9.95. The number of anilines is 1. The molecular formula is C28H26ClFN6O2. The van der Waals surface area contributed by atoms with E-state index in [4.69, 9.17) is 11.6 Å². The van der Waals surface area contributed by atoms with Crippen LogP contribution in [-0.4, -0.2) is 62.6 Å². The largest absolute Gasteiger partial charge is 0.507 e. The number of likely N-dealkylation sites (N-methyl/N-ethyl adjacent to an activating group) is 1. The molecule has 38 heavy (non-hydrogen) atoms. The highest BCUT2D eigenvalue weighted by atomic mass is 35.5. The Morgan fingerprint density at radius 3 is 2.37 bits per heavy atom. The molecule has 0 spiro atoms. The van der Waals surface area contributed by atoms with Crippen molar-refractivity contribution in [3.05, 3.63) is 82.4 Å². The van der Waals surface area contributed by atoms with Crippen molar-refractivity contribution in [3.8, 4) is 33.7 Å². The molecule has 2 N–H and O–H groups in total. The van der Waals surface area contributed by atoms with Gasteiger partial charge in [-0.25, -0.2) is 9.18 Å². The minimum absolute atomic E-state index is 0.0599. The van der Waals surface area contributed by atoms with Crippen LogP contribution in [0.3, 0.4) is 0 Å². The zero-order chi connectivity index (χ0) is 26.6. The van der Waals surface area contributed by atoms with E-state index in [0.29, 0.717) is 33.0 Å². The first-order valence-corrected chi connectivity index (χ1v) is 12.7. The van der Waals surface area contributed by atoms with Gasteiger partial charge in [-0.05, 0) is 54.6 Å². The van der Waals surface area contributed by atoms with E-state index in [-0.39, 0.29) is 11.4 Å². The SMILES string of the molecule is CN1CCN(c2cc(-c3cc(F)cc(-c4ccc(-n5ccn(C)c5=O)c(Cl)c4)c3O)cc3[nH]ncc23)CC1. The number of nitrogens with one attached hydrogen (secondary N) is 1. The molecule has 1 fully saturated rings. The van der Waals surface area contributed by atoms with E-state index >= 15 is 4.39 Å². The van der Waals surface area contributed by atoms with Gasteiger partial charge >= 0.3 is 5.69 Å². The predicted molar refractivity (Wildman–Crippen MR) is 148 cm³/mol. The summed E-state index contributed by atoms with van der Waals surface area (Å²) in [6, 6.07) is 11.5. The molecule has 6 rings (SSSR count). The number of imidazole rings is 1. The highest BCUT2D eigenvalue weighted by Gasteiger charge is 2.21. The molecule has 3 heterocycles. The smallest absolute Gasteiger partial charge is 0.332 e. The van der Waals surface area contributed by atoms with Crippen LogP contribution in [-0.2, 0) is 7.05 Å². The van der Waals surface area contributed by atoms with Crippen LogP contribution in [0.2, 0.25) is 5.02 Å². The number of nitrogens with zero attached hydrogens (tertiary/aromatic N) is 5. The lowest BCUT2D eigenvalue weighted by Gasteiger charge is -2.34. The van der Waals surface area contributed by atoms with E-state index in [1.807, 2.05) is 12.1 Å². The van der Waals surface area contributed by atoms with E-state index in [1.165, 1.54) is 21.3 Å². The molecule has 0 unspecified atom stereocenters. The van der Waals surface area contributed by atoms with Gasteiger partial charge in [0, 0.05) is 67.8 Å². The molecule has 0 amide bonds. The van der Waals surface area contributed by atoms with E-state index in [2.05, 4.69) is 27.0 Å². The number of aromatic amines is 1. The van der Waals surface area contributed by atoms with Gasteiger partial charge in [-0.2, -0.15) is 5.10 Å². The van der Waals surface area contributed by atoms with Gasteiger partial charge < -0.3 is 19.5 Å². The van der Waals surface area contributed by atoms with Crippen molar-refractivity contribution in [1.29, 1.82) is 0 Å². The Morgan fingerprint density at radius 1 is 0.947 bits per heavy atom. The van der Waals surface area contributed by atoms with Crippen LogP contribution in [0.15, 0.2) is 65.8 Å².